The summed E-state index contributed by atoms with van der Waals surface area (Å²) in [5.41, 5.74) is 1.73. The molecule has 2 aromatic heterocycles. The van der Waals surface area contributed by atoms with Crippen molar-refractivity contribution in [2.45, 2.75) is 33.2 Å². The molecule has 2 aromatic rings. The van der Waals surface area contributed by atoms with E-state index < -0.39 is 0 Å². The van der Waals surface area contributed by atoms with E-state index in [9.17, 15) is 9.59 Å². The van der Waals surface area contributed by atoms with Crippen molar-refractivity contribution in [2.75, 3.05) is 5.32 Å². The second-order valence-electron chi connectivity index (χ2n) is 4.85. The van der Waals surface area contributed by atoms with E-state index in [1.165, 1.54) is 0 Å². The third kappa shape index (κ3) is 2.96. The number of hydrogen-bond acceptors (Lipinski definition) is 3. The minimum atomic E-state index is -0.160. The van der Waals surface area contributed by atoms with Gasteiger partial charge in [0.1, 0.15) is 5.65 Å². The van der Waals surface area contributed by atoms with Crippen LogP contribution in [0.25, 0.3) is 11.0 Å². The van der Waals surface area contributed by atoms with Crippen molar-refractivity contribution in [2.24, 2.45) is 0 Å². The van der Waals surface area contributed by atoms with Crippen LogP contribution in [0.1, 0.15) is 37.6 Å². The quantitative estimate of drug-likeness (QED) is 0.797. The highest BCUT2D eigenvalue weighted by Crippen LogP contribution is 2.20. The Bertz CT molecular complexity index is 646. The number of anilines is 1. The van der Waals surface area contributed by atoms with E-state index in [2.05, 4.69) is 20.6 Å². The lowest BCUT2D eigenvalue weighted by molar-refractivity contribution is -0.115. The Balaban J connectivity index is 2.34. The number of aromatic amines is 1. The number of aromatic nitrogens is 2. The molecule has 0 atom stereocenters. The summed E-state index contributed by atoms with van der Waals surface area (Å²) in [4.78, 5) is 30.6. The maximum absolute atomic E-state index is 12.1. The Kier molecular flexibility index (Phi) is 4.02. The molecule has 106 valence electrons. The SMILES string of the molecule is CCC(=O)Nc1cnc2[nH]cc(C(=O)NC(C)C)c2c1. The molecule has 2 amide bonds. The van der Waals surface area contributed by atoms with Crippen LogP contribution in [-0.4, -0.2) is 27.8 Å². The molecule has 0 unspecified atom stereocenters. The summed E-state index contributed by atoms with van der Waals surface area (Å²) in [6.07, 6.45) is 3.59. The molecule has 0 saturated heterocycles. The molecule has 0 fully saturated rings. The summed E-state index contributed by atoms with van der Waals surface area (Å²) in [5.74, 6) is -0.248. The van der Waals surface area contributed by atoms with Crippen LogP contribution in [0.2, 0.25) is 0 Å². The zero-order valence-electron chi connectivity index (χ0n) is 11.8. The van der Waals surface area contributed by atoms with E-state index in [1.54, 1.807) is 25.4 Å². The average molecular weight is 274 g/mol. The van der Waals surface area contributed by atoms with Crippen molar-refractivity contribution in [3.05, 3.63) is 24.0 Å². The van der Waals surface area contributed by atoms with Crippen LogP contribution in [0.5, 0.6) is 0 Å². The number of nitrogens with one attached hydrogen (secondary N) is 3. The van der Waals surface area contributed by atoms with Gasteiger partial charge in [-0.05, 0) is 19.9 Å². The molecule has 6 heteroatoms. The first-order valence-corrected chi connectivity index (χ1v) is 6.59. The lowest BCUT2D eigenvalue weighted by Crippen LogP contribution is -2.29. The molecule has 6 nitrogen and oxygen atoms in total. The number of carbonyl (C=O) groups is 2. The normalized spacial score (nSPS) is 10.8. The second-order valence-corrected chi connectivity index (χ2v) is 4.85. The van der Waals surface area contributed by atoms with Gasteiger partial charge in [-0.3, -0.25) is 9.59 Å². The van der Waals surface area contributed by atoms with Gasteiger partial charge in [-0.1, -0.05) is 6.92 Å². The van der Waals surface area contributed by atoms with Gasteiger partial charge in [0.25, 0.3) is 5.91 Å². The van der Waals surface area contributed by atoms with Crippen LogP contribution >= 0.6 is 0 Å². The fraction of sp³-hybridized carbons (Fsp3) is 0.357. The minimum Gasteiger partial charge on any atom is -0.350 e. The van der Waals surface area contributed by atoms with Crippen LogP contribution in [0.4, 0.5) is 5.69 Å². The number of H-pyrrole nitrogens is 1. The van der Waals surface area contributed by atoms with Crippen LogP contribution in [0.15, 0.2) is 18.5 Å². The van der Waals surface area contributed by atoms with Gasteiger partial charge in [-0.2, -0.15) is 0 Å². The van der Waals surface area contributed by atoms with Crippen molar-refractivity contribution >= 4 is 28.5 Å². The van der Waals surface area contributed by atoms with Gasteiger partial charge >= 0.3 is 0 Å². The van der Waals surface area contributed by atoms with Gasteiger partial charge in [0, 0.05) is 24.0 Å². The predicted octanol–water partition coefficient (Wildman–Crippen LogP) is 2.05. The fourth-order valence-electron chi connectivity index (χ4n) is 1.85. The number of hydrogen-bond donors (Lipinski definition) is 3. The lowest BCUT2D eigenvalue weighted by atomic mass is 10.2. The molecule has 20 heavy (non-hydrogen) atoms. The van der Waals surface area contributed by atoms with Crippen molar-refractivity contribution in [1.29, 1.82) is 0 Å². The van der Waals surface area contributed by atoms with Gasteiger partial charge < -0.3 is 15.6 Å². The third-order valence-electron chi connectivity index (χ3n) is 2.80. The highest BCUT2D eigenvalue weighted by atomic mass is 16.2. The van der Waals surface area contributed by atoms with Crippen LogP contribution in [0.3, 0.4) is 0 Å². The highest BCUT2D eigenvalue weighted by molar-refractivity contribution is 6.07. The zero-order chi connectivity index (χ0) is 14.7. The first-order chi connectivity index (χ1) is 9.51. The highest BCUT2D eigenvalue weighted by Gasteiger charge is 2.14. The van der Waals surface area contributed by atoms with E-state index in [4.69, 9.17) is 0 Å². The first kappa shape index (κ1) is 14.0. The van der Waals surface area contributed by atoms with Gasteiger partial charge in [0.15, 0.2) is 0 Å². The zero-order valence-corrected chi connectivity index (χ0v) is 11.8. The largest absolute Gasteiger partial charge is 0.350 e. The molecule has 0 aliphatic heterocycles. The summed E-state index contributed by atoms with van der Waals surface area (Å²) in [7, 11) is 0. The molecular weight excluding hydrogens is 256 g/mol. The minimum absolute atomic E-state index is 0.0587. The molecule has 3 N–H and O–H groups in total. The van der Waals surface area contributed by atoms with Crippen molar-refractivity contribution < 1.29 is 9.59 Å². The number of pyridine rings is 1. The maximum atomic E-state index is 12.1. The van der Waals surface area contributed by atoms with E-state index in [0.29, 0.717) is 28.7 Å². The number of fused-ring (bicyclic) bond motifs is 1. The molecule has 0 spiro atoms. The number of carbonyl (C=O) groups excluding carboxylic acids is 2. The predicted molar refractivity (Wildman–Crippen MR) is 77.6 cm³/mol. The summed E-state index contributed by atoms with van der Waals surface area (Å²) < 4.78 is 0. The average Bonchev–Trinajstić information content (AvgIpc) is 2.80. The summed E-state index contributed by atoms with van der Waals surface area (Å²) in [6.45, 7) is 5.58. The van der Waals surface area contributed by atoms with Crippen molar-refractivity contribution in [3.63, 3.8) is 0 Å². The molecule has 2 rings (SSSR count). The van der Waals surface area contributed by atoms with Crippen LogP contribution < -0.4 is 10.6 Å². The summed E-state index contributed by atoms with van der Waals surface area (Å²) >= 11 is 0. The Morgan fingerprint density at radius 2 is 2.15 bits per heavy atom. The van der Waals surface area contributed by atoms with Gasteiger partial charge in [0.05, 0.1) is 17.4 Å². The van der Waals surface area contributed by atoms with Crippen LogP contribution in [-0.2, 0) is 4.79 Å². The van der Waals surface area contributed by atoms with Gasteiger partial charge in [0.2, 0.25) is 5.91 Å². The monoisotopic (exact) mass is 274 g/mol. The smallest absolute Gasteiger partial charge is 0.253 e. The Morgan fingerprint density at radius 1 is 1.40 bits per heavy atom. The standard InChI is InChI=1S/C14H18N4O2/c1-4-12(19)18-9-5-10-11(14(20)17-8(2)3)7-16-13(10)15-6-9/h5-8H,4H2,1-3H3,(H,15,16)(H,17,20)(H,18,19). The number of rotatable bonds is 4. The Hall–Kier alpha value is -2.37. The molecule has 0 aliphatic carbocycles. The lowest BCUT2D eigenvalue weighted by Gasteiger charge is -2.07. The van der Waals surface area contributed by atoms with Gasteiger partial charge in [-0.25, -0.2) is 4.98 Å². The maximum Gasteiger partial charge on any atom is 0.253 e. The van der Waals surface area contributed by atoms with Crippen LogP contribution in [0, 0.1) is 0 Å². The fourth-order valence-corrected chi connectivity index (χ4v) is 1.85. The number of amides is 2. The van der Waals surface area contributed by atoms with E-state index >= 15 is 0 Å². The van der Waals surface area contributed by atoms with Crippen molar-refractivity contribution in [3.8, 4) is 0 Å². The topological polar surface area (TPSA) is 86.9 Å². The Labute approximate surface area is 117 Å². The summed E-state index contributed by atoms with van der Waals surface area (Å²) in [5, 5.41) is 6.26. The molecule has 0 bridgehead atoms. The second kappa shape index (κ2) is 5.73. The Morgan fingerprint density at radius 3 is 2.80 bits per heavy atom. The van der Waals surface area contributed by atoms with E-state index in [1.807, 2.05) is 13.8 Å². The molecular formula is C14H18N4O2. The van der Waals surface area contributed by atoms with Crippen molar-refractivity contribution in [1.82, 2.24) is 15.3 Å². The molecule has 0 saturated carbocycles. The molecule has 0 aliphatic rings. The molecule has 0 radical (unpaired) electrons. The third-order valence-corrected chi connectivity index (χ3v) is 2.80. The molecule has 0 aromatic carbocycles. The summed E-state index contributed by atoms with van der Waals surface area (Å²) in [6, 6.07) is 1.81. The first-order valence-electron chi connectivity index (χ1n) is 6.59. The number of nitrogens with zero attached hydrogens (tertiary/aromatic N) is 1. The van der Waals surface area contributed by atoms with E-state index in [-0.39, 0.29) is 17.9 Å². The van der Waals surface area contributed by atoms with E-state index in [0.717, 1.165) is 0 Å². The van der Waals surface area contributed by atoms with Gasteiger partial charge in [-0.15, -0.1) is 0 Å². The molecule has 2 heterocycles.